The molecular weight excluding hydrogens is 492 g/mol. The summed E-state index contributed by atoms with van der Waals surface area (Å²) in [7, 11) is 0. The molecule has 0 aliphatic carbocycles. The smallest absolute Gasteiger partial charge is 0.268 e. The number of amides is 2. The summed E-state index contributed by atoms with van der Waals surface area (Å²) >= 11 is 0. The average Bonchev–Trinajstić information content (AvgIpc) is 2.96. The van der Waals surface area contributed by atoms with Gasteiger partial charge in [-0.15, -0.1) is 0 Å². The summed E-state index contributed by atoms with van der Waals surface area (Å²) in [6.45, 7) is 6.35. The van der Waals surface area contributed by atoms with Crippen LogP contribution >= 0.6 is 0 Å². The van der Waals surface area contributed by atoms with Crippen LogP contribution < -0.4 is 15.7 Å². The Morgan fingerprint density at radius 1 is 0.872 bits per heavy atom. The minimum absolute atomic E-state index is 0. The fraction of sp³-hybridized carbons (Fsp3) is 0.290. The highest BCUT2D eigenvalue weighted by molar-refractivity contribution is 5.97. The second kappa shape index (κ2) is 14.1. The molecule has 1 saturated heterocycles. The average molecular weight is 529 g/mol. The monoisotopic (exact) mass is 528 g/mol. The first-order valence-corrected chi connectivity index (χ1v) is 12.6. The Hall–Kier alpha value is -4.16. The SMILES string of the molecule is C.C[C@@H](O)[C@H](NC(=O)c1ccc(C#Cc2ccc(CN3CCN(c4ccccc4)CC3)cc2)cc1)C(=O)NO. The maximum absolute atomic E-state index is 12.4. The summed E-state index contributed by atoms with van der Waals surface area (Å²) in [5, 5.41) is 20.9. The Kier molecular flexibility index (Phi) is 10.6. The highest BCUT2D eigenvalue weighted by Gasteiger charge is 2.25. The number of para-hydroxylation sites is 1. The maximum atomic E-state index is 12.4. The molecule has 204 valence electrons. The van der Waals surface area contributed by atoms with Crippen molar-refractivity contribution in [3.8, 4) is 11.8 Å². The van der Waals surface area contributed by atoms with Crippen LogP contribution in [0.25, 0.3) is 0 Å². The Bertz CT molecular complexity index is 1270. The molecule has 4 rings (SSSR count). The fourth-order valence-electron chi connectivity index (χ4n) is 4.30. The number of carbonyl (C=O) groups excluding carboxylic acids is 2. The van der Waals surface area contributed by atoms with Crippen molar-refractivity contribution in [1.82, 2.24) is 15.7 Å². The van der Waals surface area contributed by atoms with Gasteiger partial charge in [0, 0.05) is 55.1 Å². The molecule has 3 aromatic rings. The number of nitrogens with zero attached hydrogens (tertiary/aromatic N) is 2. The number of aliphatic hydroxyl groups is 1. The van der Waals surface area contributed by atoms with E-state index < -0.39 is 24.0 Å². The predicted molar refractivity (Wildman–Crippen MR) is 152 cm³/mol. The van der Waals surface area contributed by atoms with Gasteiger partial charge in [0.15, 0.2) is 0 Å². The lowest BCUT2D eigenvalue weighted by Gasteiger charge is -2.36. The number of hydroxylamine groups is 1. The van der Waals surface area contributed by atoms with E-state index in [1.54, 1.807) is 24.3 Å². The third kappa shape index (κ3) is 8.16. The van der Waals surface area contributed by atoms with Gasteiger partial charge in [-0.1, -0.05) is 49.6 Å². The van der Waals surface area contributed by atoms with Crippen LogP contribution in [0.3, 0.4) is 0 Å². The number of piperazine rings is 1. The van der Waals surface area contributed by atoms with Crippen LogP contribution in [0.2, 0.25) is 0 Å². The normalized spacial score (nSPS) is 14.7. The lowest BCUT2D eigenvalue weighted by molar-refractivity contribution is -0.133. The van der Waals surface area contributed by atoms with Crippen LogP contribution in [0.1, 0.15) is 41.4 Å². The van der Waals surface area contributed by atoms with Crippen LogP contribution in [0, 0.1) is 11.8 Å². The Morgan fingerprint density at radius 3 is 1.97 bits per heavy atom. The number of aliphatic hydroxyl groups excluding tert-OH is 1. The summed E-state index contributed by atoms with van der Waals surface area (Å²) in [5.74, 6) is 4.81. The highest BCUT2D eigenvalue weighted by Crippen LogP contribution is 2.17. The number of rotatable bonds is 7. The van der Waals surface area contributed by atoms with Gasteiger partial charge in [0.1, 0.15) is 6.04 Å². The molecule has 0 aromatic heterocycles. The minimum atomic E-state index is -1.27. The summed E-state index contributed by atoms with van der Waals surface area (Å²) in [4.78, 5) is 28.9. The van der Waals surface area contributed by atoms with Gasteiger partial charge in [-0.3, -0.25) is 19.7 Å². The molecule has 39 heavy (non-hydrogen) atoms. The van der Waals surface area contributed by atoms with E-state index in [0.717, 1.165) is 43.9 Å². The van der Waals surface area contributed by atoms with Gasteiger partial charge < -0.3 is 15.3 Å². The van der Waals surface area contributed by atoms with Crippen molar-refractivity contribution in [3.05, 3.63) is 101 Å². The largest absolute Gasteiger partial charge is 0.391 e. The van der Waals surface area contributed by atoms with Crippen molar-refractivity contribution in [1.29, 1.82) is 0 Å². The minimum Gasteiger partial charge on any atom is -0.391 e. The molecule has 8 nitrogen and oxygen atoms in total. The van der Waals surface area contributed by atoms with Crippen molar-refractivity contribution < 1.29 is 19.9 Å². The molecule has 0 radical (unpaired) electrons. The van der Waals surface area contributed by atoms with Crippen LogP contribution in [0.15, 0.2) is 78.9 Å². The second-order valence-corrected chi connectivity index (χ2v) is 9.29. The maximum Gasteiger partial charge on any atom is 0.268 e. The molecule has 1 fully saturated rings. The first-order valence-electron chi connectivity index (χ1n) is 12.6. The standard InChI is InChI=1S/C30H32N4O4.CH4/c1-22(35)28(30(37)32-38)31-29(36)26-15-13-24(14-16-26)8-7-23-9-11-25(12-10-23)21-33-17-19-34(20-18-33)27-5-3-2-4-6-27;/h2-6,9-16,22,28,35,38H,17-21H2,1H3,(H,31,36)(H,32,37);1H4/t22-,28+;/m1./s1. The van der Waals surface area contributed by atoms with Crippen molar-refractivity contribution in [3.63, 3.8) is 0 Å². The highest BCUT2D eigenvalue weighted by atomic mass is 16.5. The number of benzene rings is 3. The molecular formula is C31H36N4O4. The molecule has 1 aliphatic rings. The van der Waals surface area contributed by atoms with Crippen molar-refractivity contribution >= 4 is 17.5 Å². The fourth-order valence-corrected chi connectivity index (χ4v) is 4.30. The van der Waals surface area contributed by atoms with E-state index in [4.69, 9.17) is 5.21 Å². The van der Waals surface area contributed by atoms with Gasteiger partial charge in [0.2, 0.25) is 0 Å². The molecule has 1 aliphatic heterocycles. The number of carbonyl (C=O) groups is 2. The molecule has 8 heteroatoms. The van der Waals surface area contributed by atoms with Gasteiger partial charge in [-0.2, -0.15) is 0 Å². The molecule has 1 heterocycles. The Morgan fingerprint density at radius 2 is 1.44 bits per heavy atom. The lowest BCUT2D eigenvalue weighted by atomic mass is 10.1. The van der Waals surface area contributed by atoms with Crippen molar-refractivity contribution in [2.75, 3.05) is 31.1 Å². The van der Waals surface area contributed by atoms with Gasteiger partial charge in [0.05, 0.1) is 6.10 Å². The zero-order valence-electron chi connectivity index (χ0n) is 21.3. The second-order valence-electron chi connectivity index (χ2n) is 9.29. The quantitative estimate of drug-likeness (QED) is 0.214. The molecule has 3 aromatic carbocycles. The third-order valence-electron chi connectivity index (χ3n) is 6.51. The summed E-state index contributed by atoms with van der Waals surface area (Å²) in [6.07, 6.45) is -1.17. The Labute approximate surface area is 230 Å². The van der Waals surface area contributed by atoms with Crippen LogP contribution in [-0.2, 0) is 11.3 Å². The topological polar surface area (TPSA) is 105 Å². The molecule has 2 amide bonds. The molecule has 0 bridgehead atoms. The van der Waals surface area contributed by atoms with E-state index in [-0.39, 0.29) is 7.43 Å². The number of hydrogen-bond donors (Lipinski definition) is 4. The van der Waals surface area contributed by atoms with Gasteiger partial charge in [-0.25, -0.2) is 5.48 Å². The molecule has 0 unspecified atom stereocenters. The molecule has 0 saturated carbocycles. The van der Waals surface area contributed by atoms with Crippen molar-refractivity contribution in [2.45, 2.75) is 33.0 Å². The summed E-state index contributed by atoms with van der Waals surface area (Å²) < 4.78 is 0. The zero-order chi connectivity index (χ0) is 26.9. The molecule has 0 spiro atoms. The third-order valence-corrected chi connectivity index (χ3v) is 6.51. The van der Waals surface area contributed by atoms with Gasteiger partial charge in [-0.05, 0) is 61.0 Å². The molecule has 2 atom stereocenters. The molecule has 4 N–H and O–H groups in total. The number of nitrogens with one attached hydrogen (secondary N) is 2. The first-order chi connectivity index (χ1) is 18.4. The summed E-state index contributed by atoms with van der Waals surface area (Å²) in [6, 6.07) is 24.2. The van der Waals surface area contributed by atoms with Crippen LogP contribution in [0.5, 0.6) is 0 Å². The lowest BCUT2D eigenvalue weighted by Crippen LogP contribution is -2.51. The first kappa shape index (κ1) is 29.4. The van der Waals surface area contributed by atoms with E-state index in [0.29, 0.717) is 5.56 Å². The van der Waals surface area contributed by atoms with E-state index in [2.05, 4.69) is 63.4 Å². The van der Waals surface area contributed by atoms with Gasteiger partial charge >= 0.3 is 0 Å². The number of hydrogen-bond acceptors (Lipinski definition) is 6. The summed E-state index contributed by atoms with van der Waals surface area (Å²) in [5.41, 5.74) is 5.92. The Balaban J connectivity index is 0.00000420. The number of anilines is 1. The van der Waals surface area contributed by atoms with E-state index in [9.17, 15) is 14.7 Å². The van der Waals surface area contributed by atoms with E-state index in [1.807, 2.05) is 18.2 Å². The van der Waals surface area contributed by atoms with Crippen LogP contribution in [0.4, 0.5) is 5.69 Å². The van der Waals surface area contributed by atoms with Gasteiger partial charge in [0.25, 0.3) is 11.8 Å². The van der Waals surface area contributed by atoms with Crippen molar-refractivity contribution in [2.24, 2.45) is 0 Å². The predicted octanol–water partition coefficient (Wildman–Crippen LogP) is 3.03. The van der Waals surface area contributed by atoms with E-state index in [1.165, 1.54) is 23.7 Å². The van der Waals surface area contributed by atoms with E-state index >= 15 is 0 Å². The van der Waals surface area contributed by atoms with Crippen LogP contribution in [-0.4, -0.2) is 65.4 Å². The zero-order valence-corrected chi connectivity index (χ0v) is 21.3.